The summed E-state index contributed by atoms with van der Waals surface area (Å²) in [5.41, 5.74) is 1.06. The minimum absolute atomic E-state index is 0.00340. The van der Waals surface area contributed by atoms with Crippen LogP contribution in [-0.4, -0.2) is 43.5 Å². The summed E-state index contributed by atoms with van der Waals surface area (Å²) in [4.78, 5) is 14.2. The van der Waals surface area contributed by atoms with Gasteiger partial charge in [-0.15, -0.1) is 0 Å². The molecule has 1 saturated carbocycles. The fourth-order valence-electron chi connectivity index (χ4n) is 2.55. The van der Waals surface area contributed by atoms with Gasteiger partial charge in [0, 0.05) is 22.2 Å². The Morgan fingerprint density at radius 1 is 1.40 bits per heavy atom. The number of anilines is 1. The summed E-state index contributed by atoms with van der Waals surface area (Å²) >= 11 is 3.39. The zero-order chi connectivity index (χ0) is 14.6. The summed E-state index contributed by atoms with van der Waals surface area (Å²) in [5, 5.41) is 6.17. The first-order valence-electron chi connectivity index (χ1n) is 6.95. The molecule has 5 heteroatoms. The Morgan fingerprint density at radius 3 is 2.70 bits per heavy atom. The summed E-state index contributed by atoms with van der Waals surface area (Å²) in [6.07, 6.45) is 3.70. The van der Waals surface area contributed by atoms with Gasteiger partial charge in [-0.25, -0.2) is 0 Å². The normalized spacial score (nSPS) is 16.8. The van der Waals surface area contributed by atoms with Gasteiger partial charge in [0.2, 0.25) is 5.91 Å². The molecule has 0 aliphatic heterocycles. The van der Waals surface area contributed by atoms with Gasteiger partial charge in [-0.1, -0.05) is 22.0 Å². The highest BCUT2D eigenvalue weighted by Crippen LogP contribution is 2.35. The first-order chi connectivity index (χ1) is 9.52. The number of hydrogen-bond donors (Lipinski definition) is 2. The molecule has 0 spiro atoms. The van der Waals surface area contributed by atoms with Crippen molar-refractivity contribution < 1.29 is 4.79 Å². The fourth-order valence-corrected chi connectivity index (χ4v) is 2.95. The van der Waals surface area contributed by atoms with E-state index in [1.807, 2.05) is 24.3 Å². The van der Waals surface area contributed by atoms with Gasteiger partial charge < -0.3 is 15.5 Å². The molecule has 0 aromatic heterocycles. The Hall–Kier alpha value is -0.910. The Bertz CT molecular complexity index is 472. The van der Waals surface area contributed by atoms with Gasteiger partial charge in [0.15, 0.2) is 0 Å². The van der Waals surface area contributed by atoms with E-state index in [0.717, 1.165) is 16.7 Å². The summed E-state index contributed by atoms with van der Waals surface area (Å²) in [6, 6.07) is 7.62. The number of nitrogens with zero attached hydrogens (tertiary/aromatic N) is 1. The van der Waals surface area contributed by atoms with Crippen LogP contribution in [0.3, 0.4) is 0 Å². The van der Waals surface area contributed by atoms with Crippen molar-refractivity contribution in [2.24, 2.45) is 0 Å². The Labute approximate surface area is 129 Å². The predicted octanol–water partition coefficient (Wildman–Crippen LogP) is 2.46. The smallest absolute Gasteiger partial charge is 0.238 e. The average Bonchev–Trinajstić information content (AvgIpc) is 2.32. The minimum Gasteiger partial charge on any atom is -0.325 e. The predicted molar refractivity (Wildman–Crippen MR) is 85.9 cm³/mol. The molecule has 2 rings (SSSR count). The van der Waals surface area contributed by atoms with Crippen LogP contribution in [0.1, 0.15) is 19.3 Å². The van der Waals surface area contributed by atoms with Crippen LogP contribution in [0.4, 0.5) is 5.69 Å². The van der Waals surface area contributed by atoms with E-state index >= 15 is 0 Å². The van der Waals surface area contributed by atoms with Crippen molar-refractivity contribution in [3.05, 3.63) is 28.7 Å². The molecule has 0 heterocycles. The molecule has 1 aromatic carbocycles. The van der Waals surface area contributed by atoms with E-state index in [0.29, 0.717) is 6.54 Å². The third-order valence-corrected chi connectivity index (χ3v) is 4.57. The van der Waals surface area contributed by atoms with Crippen molar-refractivity contribution in [2.45, 2.75) is 24.8 Å². The average molecular weight is 340 g/mol. The molecular weight excluding hydrogens is 318 g/mol. The molecule has 2 N–H and O–H groups in total. The first-order valence-corrected chi connectivity index (χ1v) is 7.75. The van der Waals surface area contributed by atoms with Crippen LogP contribution in [0.25, 0.3) is 0 Å². The standard InChI is InChI=1S/C15H22BrN3O/c1-19(2)15(7-4-8-15)11-17-10-14(20)18-13-6-3-5-12(16)9-13/h3,5-6,9,17H,4,7-8,10-11H2,1-2H3,(H,18,20). The lowest BCUT2D eigenvalue weighted by atomic mass is 9.75. The lowest BCUT2D eigenvalue weighted by molar-refractivity contribution is -0.115. The van der Waals surface area contributed by atoms with Gasteiger partial charge in [-0.2, -0.15) is 0 Å². The first kappa shape index (κ1) is 15.5. The molecule has 0 bridgehead atoms. The molecule has 1 aromatic rings. The van der Waals surface area contributed by atoms with Gasteiger partial charge in [-0.05, 0) is 51.6 Å². The summed E-state index contributed by atoms with van der Waals surface area (Å²) in [5.74, 6) is -0.00340. The van der Waals surface area contributed by atoms with Gasteiger partial charge in [0.05, 0.1) is 6.54 Å². The maximum atomic E-state index is 11.9. The molecule has 1 aliphatic carbocycles. The second-order valence-electron chi connectivity index (χ2n) is 5.63. The minimum atomic E-state index is -0.00340. The monoisotopic (exact) mass is 339 g/mol. The number of carbonyl (C=O) groups is 1. The SMILES string of the molecule is CN(C)C1(CNCC(=O)Nc2cccc(Br)c2)CCC1. The van der Waals surface area contributed by atoms with Crippen molar-refractivity contribution in [3.63, 3.8) is 0 Å². The molecule has 20 heavy (non-hydrogen) atoms. The maximum Gasteiger partial charge on any atom is 0.238 e. The van der Waals surface area contributed by atoms with Gasteiger partial charge in [0.1, 0.15) is 0 Å². The number of hydrogen-bond acceptors (Lipinski definition) is 3. The Kier molecular flexibility index (Phi) is 5.18. The van der Waals surface area contributed by atoms with Crippen molar-refractivity contribution in [2.75, 3.05) is 32.5 Å². The number of amides is 1. The van der Waals surface area contributed by atoms with E-state index in [4.69, 9.17) is 0 Å². The van der Waals surface area contributed by atoms with Crippen LogP contribution < -0.4 is 10.6 Å². The topological polar surface area (TPSA) is 44.4 Å². The van der Waals surface area contributed by atoms with Gasteiger partial charge >= 0.3 is 0 Å². The Balaban J connectivity index is 1.75. The second kappa shape index (κ2) is 6.70. The number of benzene rings is 1. The zero-order valence-electron chi connectivity index (χ0n) is 12.1. The van der Waals surface area contributed by atoms with Crippen LogP contribution >= 0.6 is 15.9 Å². The van der Waals surface area contributed by atoms with E-state index in [2.05, 4.69) is 45.6 Å². The fraction of sp³-hybridized carbons (Fsp3) is 0.533. The number of halogens is 1. The molecule has 0 radical (unpaired) electrons. The maximum absolute atomic E-state index is 11.9. The molecule has 1 fully saturated rings. The van der Waals surface area contributed by atoms with Crippen LogP contribution in [0, 0.1) is 0 Å². The lowest BCUT2D eigenvalue weighted by Crippen LogP contribution is -2.57. The van der Waals surface area contributed by atoms with E-state index in [1.165, 1.54) is 19.3 Å². The van der Waals surface area contributed by atoms with Crippen LogP contribution in [-0.2, 0) is 4.79 Å². The number of likely N-dealkylation sites (N-methyl/N-ethyl adjacent to an activating group) is 1. The van der Waals surface area contributed by atoms with Gasteiger partial charge in [0.25, 0.3) is 0 Å². The van der Waals surface area contributed by atoms with Crippen molar-refractivity contribution in [1.29, 1.82) is 0 Å². The van der Waals surface area contributed by atoms with E-state index in [1.54, 1.807) is 0 Å². The third kappa shape index (κ3) is 3.81. The molecule has 1 amide bonds. The van der Waals surface area contributed by atoms with Gasteiger partial charge in [-0.3, -0.25) is 4.79 Å². The third-order valence-electron chi connectivity index (χ3n) is 4.08. The van der Waals surface area contributed by atoms with Crippen molar-refractivity contribution >= 4 is 27.5 Å². The summed E-state index contributed by atoms with van der Waals surface area (Å²) < 4.78 is 0.962. The number of rotatable bonds is 6. The summed E-state index contributed by atoms with van der Waals surface area (Å²) in [7, 11) is 4.23. The van der Waals surface area contributed by atoms with Crippen molar-refractivity contribution in [3.8, 4) is 0 Å². The second-order valence-corrected chi connectivity index (χ2v) is 6.55. The lowest BCUT2D eigenvalue weighted by Gasteiger charge is -2.47. The quantitative estimate of drug-likeness (QED) is 0.836. The highest BCUT2D eigenvalue weighted by molar-refractivity contribution is 9.10. The molecule has 4 nitrogen and oxygen atoms in total. The molecule has 0 atom stereocenters. The van der Waals surface area contributed by atoms with E-state index in [9.17, 15) is 4.79 Å². The molecule has 110 valence electrons. The highest BCUT2D eigenvalue weighted by Gasteiger charge is 2.38. The number of nitrogens with one attached hydrogen (secondary N) is 2. The Morgan fingerprint density at radius 2 is 2.15 bits per heavy atom. The van der Waals surface area contributed by atoms with Crippen LogP contribution in [0.5, 0.6) is 0 Å². The van der Waals surface area contributed by atoms with Crippen molar-refractivity contribution in [1.82, 2.24) is 10.2 Å². The molecule has 0 unspecified atom stereocenters. The van der Waals surface area contributed by atoms with E-state index < -0.39 is 0 Å². The largest absolute Gasteiger partial charge is 0.325 e. The number of carbonyl (C=O) groups excluding carboxylic acids is 1. The zero-order valence-corrected chi connectivity index (χ0v) is 13.7. The summed E-state index contributed by atoms with van der Waals surface area (Å²) in [6.45, 7) is 1.22. The van der Waals surface area contributed by atoms with Crippen LogP contribution in [0.15, 0.2) is 28.7 Å². The van der Waals surface area contributed by atoms with E-state index in [-0.39, 0.29) is 11.4 Å². The highest BCUT2D eigenvalue weighted by atomic mass is 79.9. The molecule has 1 aliphatic rings. The molecule has 0 saturated heterocycles. The van der Waals surface area contributed by atoms with Crippen LogP contribution in [0.2, 0.25) is 0 Å². The molecular formula is C15H22BrN3O.